The van der Waals surface area contributed by atoms with Crippen LogP contribution in [0.25, 0.3) is 0 Å². The van der Waals surface area contributed by atoms with Crippen LogP contribution in [0.5, 0.6) is 0 Å². The highest BCUT2D eigenvalue weighted by atomic mass is 35.5. The van der Waals surface area contributed by atoms with E-state index in [1.807, 2.05) is 26.2 Å². The molecule has 0 fully saturated rings. The fourth-order valence-electron chi connectivity index (χ4n) is 1.09. The molecule has 0 aromatic carbocycles. The molecule has 0 amide bonds. The predicted molar refractivity (Wildman–Crippen MR) is 55.0 cm³/mol. The summed E-state index contributed by atoms with van der Waals surface area (Å²) in [5.41, 5.74) is 0.881. The topological polar surface area (TPSA) is 37.3 Å². The molecule has 1 aromatic rings. The molecule has 13 heavy (non-hydrogen) atoms. The van der Waals surface area contributed by atoms with Gasteiger partial charge in [-0.25, -0.2) is 4.79 Å². The Bertz CT molecular complexity index is 336. The van der Waals surface area contributed by atoms with Crippen LogP contribution in [0, 0.1) is 0 Å². The molecular formula is C9H11ClO2S. The molecule has 72 valence electrons. The van der Waals surface area contributed by atoms with Crippen LogP contribution in [-0.4, -0.2) is 11.1 Å². The van der Waals surface area contributed by atoms with E-state index < -0.39 is 5.97 Å². The highest BCUT2D eigenvalue weighted by molar-refractivity contribution is 7.15. The molecule has 0 aliphatic heterocycles. The van der Waals surface area contributed by atoms with Crippen molar-refractivity contribution in [2.24, 2.45) is 0 Å². The molecule has 2 nitrogen and oxygen atoms in total. The average molecular weight is 219 g/mol. The average Bonchev–Trinajstić information content (AvgIpc) is 2.28. The van der Waals surface area contributed by atoms with E-state index >= 15 is 0 Å². The lowest BCUT2D eigenvalue weighted by Crippen LogP contribution is -2.14. The van der Waals surface area contributed by atoms with Crippen molar-refractivity contribution < 1.29 is 9.90 Å². The zero-order valence-corrected chi connectivity index (χ0v) is 9.29. The third kappa shape index (κ3) is 2.03. The van der Waals surface area contributed by atoms with E-state index in [9.17, 15) is 4.79 Å². The normalized spacial score (nSPS) is 11.7. The quantitative estimate of drug-likeness (QED) is 0.785. The van der Waals surface area contributed by atoms with Crippen LogP contribution in [0.2, 0.25) is 4.34 Å². The van der Waals surface area contributed by atoms with E-state index in [0.29, 0.717) is 4.34 Å². The van der Waals surface area contributed by atoms with Gasteiger partial charge in [-0.2, -0.15) is 0 Å². The van der Waals surface area contributed by atoms with Gasteiger partial charge in [0.05, 0.1) is 5.56 Å². The minimum Gasteiger partial charge on any atom is -0.478 e. The standard InChI is InChI=1S/C9H11ClO2S/c1-9(2,3)5-4-13-7(10)6(5)8(11)12/h4H,1-3H3,(H,11,12). The number of rotatable bonds is 1. The van der Waals surface area contributed by atoms with Crippen molar-refractivity contribution in [2.45, 2.75) is 26.2 Å². The van der Waals surface area contributed by atoms with Crippen molar-refractivity contribution in [3.63, 3.8) is 0 Å². The number of halogens is 1. The van der Waals surface area contributed by atoms with Crippen LogP contribution >= 0.6 is 22.9 Å². The van der Waals surface area contributed by atoms with E-state index in [0.717, 1.165) is 5.56 Å². The first-order valence-electron chi connectivity index (χ1n) is 3.85. The summed E-state index contributed by atoms with van der Waals surface area (Å²) in [4.78, 5) is 10.9. The second-order valence-corrected chi connectivity index (χ2v) is 5.33. The minimum atomic E-state index is -0.948. The SMILES string of the molecule is CC(C)(C)c1csc(Cl)c1C(=O)O. The summed E-state index contributed by atoms with van der Waals surface area (Å²) in [6.45, 7) is 5.91. The maximum atomic E-state index is 10.9. The number of aromatic carboxylic acids is 1. The van der Waals surface area contributed by atoms with Crippen molar-refractivity contribution in [1.29, 1.82) is 0 Å². The Morgan fingerprint density at radius 1 is 1.54 bits per heavy atom. The third-order valence-corrected chi connectivity index (χ3v) is 2.99. The van der Waals surface area contributed by atoms with Crippen LogP contribution in [0.15, 0.2) is 5.38 Å². The Hall–Kier alpha value is -0.540. The van der Waals surface area contributed by atoms with Crippen molar-refractivity contribution in [1.82, 2.24) is 0 Å². The van der Waals surface area contributed by atoms with Gasteiger partial charge in [-0.05, 0) is 16.4 Å². The van der Waals surface area contributed by atoms with Crippen LogP contribution in [0.4, 0.5) is 0 Å². The zero-order valence-electron chi connectivity index (χ0n) is 7.72. The summed E-state index contributed by atoms with van der Waals surface area (Å²) in [6, 6.07) is 0. The summed E-state index contributed by atoms with van der Waals surface area (Å²) in [6.07, 6.45) is 0. The molecule has 1 rings (SSSR count). The lowest BCUT2D eigenvalue weighted by atomic mass is 9.86. The molecular weight excluding hydrogens is 208 g/mol. The Morgan fingerprint density at radius 3 is 2.38 bits per heavy atom. The van der Waals surface area contributed by atoms with Crippen molar-refractivity contribution in [3.05, 3.63) is 20.8 Å². The van der Waals surface area contributed by atoms with Crippen LogP contribution in [-0.2, 0) is 5.41 Å². The molecule has 0 aliphatic rings. The third-order valence-electron chi connectivity index (χ3n) is 1.77. The molecule has 0 bridgehead atoms. The van der Waals surface area contributed by atoms with Crippen molar-refractivity contribution in [3.8, 4) is 0 Å². The molecule has 1 heterocycles. The number of carboxylic acid groups (broad SMARTS) is 1. The number of carboxylic acids is 1. The van der Waals surface area contributed by atoms with Gasteiger partial charge in [0, 0.05) is 0 Å². The fraction of sp³-hybridized carbons (Fsp3) is 0.444. The maximum Gasteiger partial charge on any atom is 0.338 e. The first kappa shape index (κ1) is 10.5. The predicted octanol–water partition coefficient (Wildman–Crippen LogP) is 3.40. The van der Waals surface area contributed by atoms with Gasteiger partial charge in [0.25, 0.3) is 0 Å². The van der Waals surface area contributed by atoms with Gasteiger partial charge >= 0.3 is 5.97 Å². The molecule has 0 radical (unpaired) electrons. The van der Waals surface area contributed by atoms with E-state index in [-0.39, 0.29) is 11.0 Å². The molecule has 4 heteroatoms. The van der Waals surface area contributed by atoms with Crippen molar-refractivity contribution in [2.75, 3.05) is 0 Å². The summed E-state index contributed by atoms with van der Waals surface area (Å²) in [5, 5.41) is 10.7. The molecule has 0 unspecified atom stereocenters. The monoisotopic (exact) mass is 218 g/mol. The molecule has 1 aromatic heterocycles. The lowest BCUT2D eigenvalue weighted by molar-refractivity contribution is 0.0695. The highest BCUT2D eigenvalue weighted by Crippen LogP contribution is 2.35. The smallest absolute Gasteiger partial charge is 0.338 e. The van der Waals surface area contributed by atoms with Gasteiger partial charge in [0.15, 0.2) is 0 Å². The number of thiophene rings is 1. The second kappa shape index (κ2) is 3.31. The van der Waals surface area contributed by atoms with Gasteiger partial charge in [-0.3, -0.25) is 0 Å². The molecule has 0 aliphatic carbocycles. The fourth-order valence-corrected chi connectivity index (χ4v) is 2.41. The summed E-state index contributed by atoms with van der Waals surface area (Å²) >= 11 is 7.05. The van der Waals surface area contributed by atoms with Crippen LogP contribution in [0.1, 0.15) is 36.7 Å². The minimum absolute atomic E-state index is 0.169. The van der Waals surface area contributed by atoms with Gasteiger partial charge in [0.2, 0.25) is 0 Å². The van der Waals surface area contributed by atoms with Crippen molar-refractivity contribution >= 4 is 28.9 Å². The molecule has 0 saturated carbocycles. The summed E-state index contributed by atoms with van der Waals surface area (Å²) in [7, 11) is 0. The molecule has 0 saturated heterocycles. The largest absolute Gasteiger partial charge is 0.478 e. The van der Waals surface area contributed by atoms with Gasteiger partial charge < -0.3 is 5.11 Å². The number of hydrogen-bond acceptors (Lipinski definition) is 2. The van der Waals surface area contributed by atoms with Crippen LogP contribution in [0.3, 0.4) is 0 Å². The van der Waals surface area contributed by atoms with Gasteiger partial charge in [0.1, 0.15) is 4.34 Å². The van der Waals surface area contributed by atoms with E-state index in [4.69, 9.17) is 16.7 Å². The Balaban J connectivity index is 3.31. The van der Waals surface area contributed by atoms with E-state index in [2.05, 4.69) is 0 Å². The second-order valence-electron chi connectivity index (χ2n) is 3.85. The highest BCUT2D eigenvalue weighted by Gasteiger charge is 2.25. The summed E-state index contributed by atoms with van der Waals surface area (Å²) in [5.74, 6) is -0.948. The van der Waals surface area contributed by atoms with Crippen LogP contribution < -0.4 is 0 Å². The Labute approximate surface area is 86.2 Å². The van der Waals surface area contributed by atoms with E-state index in [1.54, 1.807) is 0 Å². The Kier molecular flexibility index (Phi) is 2.68. The molecule has 0 atom stereocenters. The Morgan fingerprint density at radius 2 is 2.08 bits per heavy atom. The zero-order chi connectivity index (χ0) is 10.2. The maximum absolute atomic E-state index is 10.9. The van der Waals surface area contributed by atoms with Gasteiger partial charge in [-0.1, -0.05) is 32.4 Å². The van der Waals surface area contributed by atoms with E-state index in [1.165, 1.54) is 11.3 Å². The lowest BCUT2D eigenvalue weighted by Gasteiger charge is -2.17. The van der Waals surface area contributed by atoms with Gasteiger partial charge in [-0.15, -0.1) is 11.3 Å². The molecule has 1 N–H and O–H groups in total. The number of hydrogen-bond donors (Lipinski definition) is 1. The first-order chi connectivity index (χ1) is 5.84. The summed E-state index contributed by atoms with van der Waals surface area (Å²) < 4.78 is 0.359. The number of carbonyl (C=O) groups is 1. The first-order valence-corrected chi connectivity index (χ1v) is 5.10. The molecule has 0 spiro atoms.